The second-order valence-electron chi connectivity index (χ2n) is 7.85. The molecule has 7 nitrogen and oxygen atoms in total. The molecule has 4 rings (SSSR count). The molecule has 2 aliphatic rings. The fourth-order valence-corrected chi connectivity index (χ4v) is 4.38. The molecule has 7 heteroatoms. The van der Waals surface area contributed by atoms with E-state index in [0.29, 0.717) is 18.9 Å². The van der Waals surface area contributed by atoms with Gasteiger partial charge in [-0.25, -0.2) is 4.98 Å². The molecule has 142 valence electrons. The van der Waals surface area contributed by atoms with Gasteiger partial charge in [-0.2, -0.15) is 0 Å². The normalized spacial score (nSPS) is 21.3. The Morgan fingerprint density at radius 3 is 2.96 bits per heavy atom. The van der Waals surface area contributed by atoms with Gasteiger partial charge in [0.05, 0.1) is 12.1 Å². The van der Waals surface area contributed by atoms with Crippen LogP contribution in [0.4, 0.5) is 5.95 Å². The van der Waals surface area contributed by atoms with Gasteiger partial charge >= 0.3 is 0 Å². The molecule has 0 aromatic carbocycles. The van der Waals surface area contributed by atoms with Gasteiger partial charge in [0.1, 0.15) is 0 Å². The topological polar surface area (TPSA) is 82.2 Å². The van der Waals surface area contributed by atoms with Gasteiger partial charge in [0.2, 0.25) is 11.9 Å². The lowest BCUT2D eigenvalue weighted by molar-refractivity contribution is -0.132. The second-order valence-corrected chi connectivity index (χ2v) is 7.85. The van der Waals surface area contributed by atoms with E-state index < -0.39 is 0 Å². The maximum absolute atomic E-state index is 12.9. The lowest BCUT2D eigenvalue weighted by Crippen LogP contribution is -2.48. The van der Waals surface area contributed by atoms with E-state index in [-0.39, 0.29) is 16.9 Å². The number of H-pyrrole nitrogens is 1. The Labute approximate surface area is 158 Å². The van der Waals surface area contributed by atoms with Crippen molar-refractivity contribution in [2.24, 2.45) is 0 Å². The molecule has 1 saturated heterocycles. The van der Waals surface area contributed by atoms with E-state index in [1.165, 1.54) is 0 Å². The smallest absolute Gasteiger partial charge is 0.255 e. The molecule has 1 N–H and O–H groups in total. The summed E-state index contributed by atoms with van der Waals surface area (Å²) < 4.78 is 0. The number of nitrogens with one attached hydrogen (secondary N) is 1. The monoisotopic (exact) mass is 367 g/mol. The van der Waals surface area contributed by atoms with Gasteiger partial charge in [-0.05, 0) is 37.3 Å². The molecule has 1 spiro atoms. The van der Waals surface area contributed by atoms with Crippen LogP contribution in [0.5, 0.6) is 0 Å². The summed E-state index contributed by atoms with van der Waals surface area (Å²) in [5, 5.41) is 0. The van der Waals surface area contributed by atoms with Crippen LogP contribution in [-0.4, -0.2) is 52.9 Å². The zero-order valence-corrected chi connectivity index (χ0v) is 15.9. The van der Waals surface area contributed by atoms with Crippen LogP contribution >= 0.6 is 0 Å². The first-order valence-electron chi connectivity index (χ1n) is 9.46. The van der Waals surface area contributed by atoms with Gasteiger partial charge in [0, 0.05) is 50.6 Å². The lowest BCUT2D eigenvalue weighted by atomic mass is 9.77. The van der Waals surface area contributed by atoms with E-state index in [1.807, 2.05) is 36.0 Å². The third-order valence-electron chi connectivity index (χ3n) is 5.79. The van der Waals surface area contributed by atoms with E-state index in [0.717, 1.165) is 49.0 Å². The SMILES string of the molecule is CN(C)c1nc2c(c(=O)[nH]1)CCC21CCCN(C(=O)Cc2cccnc2)C1. The van der Waals surface area contributed by atoms with Crippen LogP contribution in [0.25, 0.3) is 0 Å². The molecule has 2 aromatic heterocycles. The number of likely N-dealkylation sites (tertiary alicyclic amines) is 1. The summed E-state index contributed by atoms with van der Waals surface area (Å²) >= 11 is 0. The fraction of sp³-hybridized carbons (Fsp3) is 0.500. The number of fused-ring (bicyclic) bond motifs is 2. The predicted octanol–water partition coefficient (Wildman–Crippen LogP) is 1.28. The van der Waals surface area contributed by atoms with Gasteiger partial charge in [-0.15, -0.1) is 0 Å². The molecule has 1 fully saturated rings. The molecule has 0 saturated carbocycles. The maximum Gasteiger partial charge on any atom is 0.255 e. The van der Waals surface area contributed by atoms with Crippen molar-refractivity contribution in [2.75, 3.05) is 32.1 Å². The predicted molar refractivity (Wildman–Crippen MR) is 103 cm³/mol. The van der Waals surface area contributed by atoms with Crippen molar-refractivity contribution < 1.29 is 4.79 Å². The summed E-state index contributed by atoms with van der Waals surface area (Å²) in [6, 6.07) is 3.78. The largest absolute Gasteiger partial charge is 0.348 e. The zero-order valence-electron chi connectivity index (χ0n) is 15.9. The quantitative estimate of drug-likeness (QED) is 0.884. The van der Waals surface area contributed by atoms with E-state index >= 15 is 0 Å². The number of piperidine rings is 1. The molecule has 27 heavy (non-hydrogen) atoms. The van der Waals surface area contributed by atoms with Crippen LogP contribution in [0.3, 0.4) is 0 Å². The zero-order chi connectivity index (χ0) is 19.0. The van der Waals surface area contributed by atoms with Crippen LogP contribution in [0.1, 0.15) is 36.1 Å². The minimum Gasteiger partial charge on any atom is -0.348 e. The molecular formula is C20H25N5O2. The number of nitrogens with zero attached hydrogens (tertiary/aromatic N) is 4. The number of pyridine rings is 1. The average molecular weight is 367 g/mol. The molecule has 1 aliphatic heterocycles. The molecule has 2 aromatic rings. The standard InChI is InChI=1S/C20H25N5O2/c1-24(2)19-22-17-15(18(27)23-19)6-8-20(17)7-4-10-25(13-20)16(26)11-14-5-3-9-21-12-14/h3,5,9,12H,4,6-8,10-11,13H2,1-2H3,(H,22,23,27). The third kappa shape index (κ3) is 3.22. The third-order valence-corrected chi connectivity index (χ3v) is 5.79. The molecule has 1 aliphatic carbocycles. The first-order chi connectivity index (χ1) is 13.0. The number of rotatable bonds is 3. The number of amides is 1. The van der Waals surface area contributed by atoms with Crippen LogP contribution in [-0.2, 0) is 23.1 Å². The highest BCUT2D eigenvalue weighted by atomic mass is 16.2. The molecule has 1 atom stereocenters. The van der Waals surface area contributed by atoms with Gasteiger partial charge in [-0.3, -0.25) is 19.6 Å². The van der Waals surface area contributed by atoms with Crippen LogP contribution in [0, 0.1) is 0 Å². The summed E-state index contributed by atoms with van der Waals surface area (Å²) in [6.07, 6.45) is 7.34. The van der Waals surface area contributed by atoms with Crippen molar-refractivity contribution in [1.82, 2.24) is 19.9 Å². The lowest BCUT2D eigenvalue weighted by Gasteiger charge is -2.40. The fourth-order valence-electron chi connectivity index (χ4n) is 4.38. The van der Waals surface area contributed by atoms with E-state index in [4.69, 9.17) is 4.98 Å². The van der Waals surface area contributed by atoms with Gasteiger partial charge in [-0.1, -0.05) is 6.07 Å². The Hall–Kier alpha value is -2.70. The van der Waals surface area contributed by atoms with Gasteiger partial charge in [0.15, 0.2) is 0 Å². The van der Waals surface area contributed by atoms with Crippen LogP contribution < -0.4 is 10.5 Å². The number of carbonyl (C=O) groups excluding carboxylic acids is 1. The molecular weight excluding hydrogens is 342 g/mol. The van der Waals surface area contributed by atoms with E-state index in [2.05, 4.69) is 9.97 Å². The number of carbonyl (C=O) groups is 1. The molecule has 0 radical (unpaired) electrons. The van der Waals surface area contributed by atoms with E-state index in [9.17, 15) is 9.59 Å². The van der Waals surface area contributed by atoms with Crippen molar-refractivity contribution in [3.05, 3.63) is 51.7 Å². The number of anilines is 1. The molecule has 1 unspecified atom stereocenters. The number of aromatic amines is 1. The van der Waals surface area contributed by atoms with Crippen molar-refractivity contribution in [2.45, 2.75) is 37.5 Å². The van der Waals surface area contributed by atoms with Crippen molar-refractivity contribution >= 4 is 11.9 Å². The Morgan fingerprint density at radius 1 is 1.37 bits per heavy atom. The number of hydrogen-bond acceptors (Lipinski definition) is 5. The van der Waals surface area contributed by atoms with Gasteiger partial charge < -0.3 is 9.80 Å². The van der Waals surface area contributed by atoms with Gasteiger partial charge in [0.25, 0.3) is 5.56 Å². The Balaban J connectivity index is 1.61. The second kappa shape index (κ2) is 6.79. The molecule has 3 heterocycles. The highest BCUT2D eigenvalue weighted by molar-refractivity contribution is 5.79. The minimum atomic E-state index is -0.197. The summed E-state index contributed by atoms with van der Waals surface area (Å²) in [5.74, 6) is 0.701. The Bertz CT molecular complexity index is 908. The van der Waals surface area contributed by atoms with Crippen LogP contribution in [0.2, 0.25) is 0 Å². The Kier molecular flexibility index (Phi) is 4.45. The number of hydrogen-bond donors (Lipinski definition) is 1. The van der Waals surface area contributed by atoms with Crippen molar-refractivity contribution in [1.29, 1.82) is 0 Å². The van der Waals surface area contributed by atoms with Crippen molar-refractivity contribution in [3.8, 4) is 0 Å². The first kappa shape index (κ1) is 17.7. The maximum atomic E-state index is 12.9. The molecule has 1 amide bonds. The summed E-state index contributed by atoms with van der Waals surface area (Å²) in [7, 11) is 3.74. The summed E-state index contributed by atoms with van der Waals surface area (Å²) in [6.45, 7) is 1.41. The number of aromatic nitrogens is 3. The molecule has 0 bridgehead atoms. The van der Waals surface area contributed by atoms with Crippen molar-refractivity contribution in [3.63, 3.8) is 0 Å². The van der Waals surface area contributed by atoms with E-state index in [1.54, 1.807) is 12.4 Å². The highest BCUT2D eigenvalue weighted by Crippen LogP contribution is 2.43. The highest BCUT2D eigenvalue weighted by Gasteiger charge is 2.45. The average Bonchev–Trinajstić information content (AvgIpc) is 3.01. The Morgan fingerprint density at radius 2 is 2.22 bits per heavy atom. The summed E-state index contributed by atoms with van der Waals surface area (Å²) in [4.78, 5) is 40.9. The minimum absolute atomic E-state index is 0.0422. The first-order valence-corrected chi connectivity index (χ1v) is 9.46. The summed E-state index contributed by atoms with van der Waals surface area (Å²) in [5.41, 5.74) is 2.38. The van der Waals surface area contributed by atoms with Crippen LogP contribution in [0.15, 0.2) is 29.3 Å².